The summed E-state index contributed by atoms with van der Waals surface area (Å²) in [6.45, 7) is 0.598. The number of carbonyl (C=O) groups is 2. The first-order valence-corrected chi connectivity index (χ1v) is 10.9. The van der Waals surface area contributed by atoms with E-state index >= 15 is 0 Å². The maximum atomic E-state index is 13.2. The number of carbonyl (C=O) groups excluding carboxylic acids is 2. The fourth-order valence-electron chi connectivity index (χ4n) is 4.00. The van der Waals surface area contributed by atoms with E-state index in [9.17, 15) is 14.0 Å². The van der Waals surface area contributed by atoms with Crippen molar-refractivity contribution in [3.05, 3.63) is 89.7 Å². The highest BCUT2D eigenvalue weighted by atomic mass is 19.1. The summed E-state index contributed by atoms with van der Waals surface area (Å²) in [7, 11) is 0. The number of hydrogen-bond acceptors (Lipinski definition) is 5. The molecule has 1 aromatic heterocycles. The number of tetrazole rings is 1. The number of amides is 2. The molecule has 1 aliphatic heterocycles. The van der Waals surface area contributed by atoms with Crippen LogP contribution in [0.2, 0.25) is 0 Å². The zero-order valence-electron chi connectivity index (χ0n) is 18.2. The molecule has 9 heteroatoms. The number of halogens is 1. The van der Waals surface area contributed by atoms with E-state index in [0.717, 1.165) is 24.1 Å². The first-order chi connectivity index (χ1) is 16.6. The Hall–Kier alpha value is -4.40. The number of aryl methyl sites for hydroxylation is 1. The van der Waals surface area contributed by atoms with Gasteiger partial charge in [-0.2, -0.15) is 4.80 Å². The molecule has 3 aromatic carbocycles. The molecule has 0 radical (unpaired) electrons. The molecule has 2 amide bonds. The minimum Gasteiger partial charge on any atom is -0.321 e. The second kappa shape index (κ2) is 9.22. The molecule has 0 aliphatic carbocycles. The van der Waals surface area contributed by atoms with Crippen molar-refractivity contribution in [1.29, 1.82) is 0 Å². The monoisotopic (exact) mass is 456 g/mol. The second-order valence-corrected chi connectivity index (χ2v) is 7.93. The van der Waals surface area contributed by atoms with Crippen molar-refractivity contribution in [3.63, 3.8) is 0 Å². The van der Waals surface area contributed by atoms with Crippen molar-refractivity contribution < 1.29 is 14.0 Å². The van der Waals surface area contributed by atoms with Crippen molar-refractivity contribution in [3.8, 4) is 11.4 Å². The van der Waals surface area contributed by atoms with E-state index in [-0.39, 0.29) is 18.3 Å². The van der Waals surface area contributed by atoms with E-state index in [1.54, 1.807) is 29.2 Å². The van der Waals surface area contributed by atoms with Gasteiger partial charge in [0.15, 0.2) is 0 Å². The van der Waals surface area contributed by atoms with Crippen LogP contribution in [0.5, 0.6) is 0 Å². The van der Waals surface area contributed by atoms with E-state index in [1.165, 1.54) is 29.1 Å². The van der Waals surface area contributed by atoms with Crippen LogP contribution in [0.15, 0.2) is 72.8 Å². The largest absolute Gasteiger partial charge is 0.321 e. The first-order valence-electron chi connectivity index (χ1n) is 10.9. The van der Waals surface area contributed by atoms with Crippen LogP contribution < -0.4 is 10.2 Å². The van der Waals surface area contributed by atoms with Gasteiger partial charge in [-0.25, -0.2) is 4.39 Å². The molecule has 0 spiro atoms. The van der Waals surface area contributed by atoms with Crippen molar-refractivity contribution in [1.82, 2.24) is 20.2 Å². The predicted octanol–water partition coefficient (Wildman–Crippen LogP) is 3.71. The van der Waals surface area contributed by atoms with Crippen LogP contribution in [0, 0.1) is 5.82 Å². The molecule has 170 valence electrons. The molecule has 4 aromatic rings. The van der Waals surface area contributed by atoms with Gasteiger partial charge in [-0.15, -0.1) is 10.2 Å². The highest BCUT2D eigenvalue weighted by Gasteiger charge is 2.23. The lowest BCUT2D eigenvalue weighted by Crippen LogP contribution is -2.38. The van der Waals surface area contributed by atoms with Crippen molar-refractivity contribution >= 4 is 23.2 Å². The standard InChI is InChI=1S/C25H21FN6O2/c26-19-13-11-18(12-14-19)25(34)27-21-9-3-2-8-20(21)24-28-30-32(29-24)16-23(33)31-15-5-7-17-6-1-4-10-22(17)31/h1-4,6,8-14H,5,7,15-16H2,(H,27,34). The number of nitrogens with zero attached hydrogens (tertiary/aromatic N) is 5. The number of anilines is 2. The summed E-state index contributed by atoms with van der Waals surface area (Å²) in [6, 6.07) is 20.2. The Morgan fingerprint density at radius 2 is 1.74 bits per heavy atom. The lowest BCUT2D eigenvalue weighted by Gasteiger charge is -2.29. The molecule has 0 bridgehead atoms. The van der Waals surface area contributed by atoms with Crippen LogP contribution in [-0.2, 0) is 17.8 Å². The molecule has 8 nitrogen and oxygen atoms in total. The summed E-state index contributed by atoms with van der Waals surface area (Å²) in [6.07, 6.45) is 1.85. The maximum Gasteiger partial charge on any atom is 0.255 e. The number of para-hydroxylation sites is 2. The Balaban J connectivity index is 1.33. The van der Waals surface area contributed by atoms with Gasteiger partial charge in [0, 0.05) is 23.4 Å². The van der Waals surface area contributed by atoms with Gasteiger partial charge < -0.3 is 10.2 Å². The number of benzene rings is 3. The highest BCUT2D eigenvalue weighted by molar-refractivity contribution is 6.06. The third-order valence-corrected chi connectivity index (χ3v) is 5.66. The van der Waals surface area contributed by atoms with Crippen LogP contribution in [0.1, 0.15) is 22.3 Å². The molecule has 2 heterocycles. The van der Waals surface area contributed by atoms with E-state index < -0.39 is 11.7 Å². The Labute approximate surface area is 195 Å². The second-order valence-electron chi connectivity index (χ2n) is 7.93. The van der Waals surface area contributed by atoms with Gasteiger partial charge in [-0.3, -0.25) is 9.59 Å². The van der Waals surface area contributed by atoms with Crippen LogP contribution >= 0.6 is 0 Å². The molecule has 1 aliphatic rings. The third kappa shape index (κ3) is 4.40. The maximum absolute atomic E-state index is 13.2. The Morgan fingerprint density at radius 3 is 2.59 bits per heavy atom. The summed E-state index contributed by atoms with van der Waals surface area (Å²) in [5.74, 6) is -0.644. The lowest BCUT2D eigenvalue weighted by atomic mass is 10.0. The molecule has 0 saturated carbocycles. The average molecular weight is 456 g/mol. The van der Waals surface area contributed by atoms with Gasteiger partial charge in [0.05, 0.1) is 5.69 Å². The predicted molar refractivity (Wildman–Crippen MR) is 125 cm³/mol. The molecule has 0 fully saturated rings. The van der Waals surface area contributed by atoms with E-state index in [2.05, 4.69) is 20.7 Å². The van der Waals surface area contributed by atoms with Gasteiger partial charge in [0.25, 0.3) is 11.8 Å². The number of aromatic nitrogens is 4. The summed E-state index contributed by atoms with van der Waals surface area (Å²) in [4.78, 5) is 28.6. The molecular formula is C25H21FN6O2. The molecular weight excluding hydrogens is 435 g/mol. The van der Waals surface area contributed by atoms with Crippen molar-refractivity contribution in [2.75, 3.05) is 16.8 Å². The molecule has 0 unspecified atom stereocenters. The molecule has 0 saturated heterocycles. The summed E-state index contributed by atoms with van der Waals surface area (Å²) in [5.41, 5.74) is 3.43. The zero-order valence-corrected chi connectivity index (χ0v) is 18.2. The van der Waals surface area contributed by atoms with E-state index in [0.29, 0.717) is 23.4 Å². The van der Waals surface area contributed by atoms with Gasteiger partial charge in [0.1, 0.15) is 12.4 Å². The number of fused-ring (bicyclic) bond motifs is 1. The molecule has 0 atom stereocenters. The van der Waals surface area contributed by atoms with Gasteiger partial charge in [0.2, 0.25) is 5.82 Å². The molecule has 34 heavy (non-hydrogen) atoms. The SMILES string of the molecule is O=C(Nc1ccccc1-c1nnn(CC(=O)N2CCCc3ccccc32)n1)c1ccc(F)cc1. The Bertz CT molecular complexity index is 1350. The van der Waals surface area contributed by atoms with Gasteiger partial charge in [-0.05, 0) is 66.1 Å². The molecule has 1 N–H and O–H groups in total. The van der Waals surface area contributed by atoms with Crippen LogP contribution in [0.25, 0.3) is 11.4 Å². The van der Waals surface area contributed by atoms with E-state index in [1.807, 2.05) is 24.3 Å². The minimum atomic E-state index is -0.416. The fraction of sp³-hybridized carbons (Fsp3) is 0.160. The Morgan fingerprint density at radius 1 is 0.971 bits per heavy atom. The van der Waals surface area contributed by atoms with E-state index in [4.69, 9.17) is 0 Å². The fourth-order valence-corrected chi connectivity index (χ4v) is 4.00. The average Bonchev–Trinajstić information content (AvgIpc) is 3.32. The third-order valence-electron chi connectivity index (χ3n) is 5.66. The van der Waals surface area contributed by atoms with Crippen molar-refractivity contribution in [2.45, 2.75) is 19.4 Å². The zero-order chi connectivity index (χ0) is 23.5. The lowest BCUT2D eigenvalue weighted by molar-refractivity contribution is -0.119. The van der Waals surface area contributed by atoms with Gasteiger partial charge >= 0.3 is 0 Å². The highest BCUT2D eigenvalue weighted by Crippen LogP contribution is 2.27. The van der Waals surface area contributed by atoms with Gasteiger partial charge in [-0.1, -0.05) is 30.3 Å². The Kier molecular flexibility index (Phi) is 5.82. The topological polar surface area (TPSA) is 93.0 Å². The van der Waals surface area contributed by atoms with Crippen LogP contribution in [0.3, 0.4) is 0 Å². The summed E-state index contributed by atoms with van der Waals surface area (Å²) >= 11 is 0. The van der Waals surface area contributed by atoms with Crippen LogP contribution in [-0.4, -0.2) is 38.6 Å². The number of nitrogens with one attached hydrogen (secondary N) is 1. The summed E-state index contributed by atoms with van der Waals surface area (Å²) in [5, 5.41) is 15.3. The first kappa shape index (κ1) is 21.4. The quantitative estimate of drug-likeness (QED) is 0.494. The minimum absolute atomic E-state index is 0.0502. The van der Waals surface area contributed by atoms with Crippen molar-refractivity contribution in [2.24, 2.45) is 0 Å². The molecule has 5 rings (SSSR count). The number of hydrogen-bond donors (Lipinski definition) is 1. The normalized spacial score (nSPS) is 12.8. The number of rotatable bonds is 5. The smallest absolute Gasteiger partial charge is 0.255 e. The van der Waals surface area contributed by atoms with Crippen LogP contribution in [0.4, 0.5) is 15.8 Å². The summed E-state index contributed by atoms with van der Waals surface area (Å²) < 4.78 is 13.2.